The molecule has 364 valence electrons. The predicted molar refractivity (Wildman–Crippen MR) is 291 cm³/mol. The molecule has 0 radical (unpaired) electrons. The van der Waals surface area contributed by atoms with Crippen LogP contribution in [0.5, 0.6) is 0 Å². The summed E-state index contributed by atoms with van der Waals surface area (Å²) < 4.78 is 81.6. The third-order valence-electron chi connectivity index (χ3n) is 8.01. The number of hydrogen-bond donors (Lipinski definition) is 0. The quantitative estimate of drug-likeness (QED) is 0.0745. The molecule has 0 aliphatic carbocycles. The van der Waals surface area contributed by atoms with Crippen molar-refractivity contribution >= 4 is 117 Å². The van der Waals surface area contributed by atoms with E-state index in [9.17, 15) is 0 Å². The Morgan fingerprint density at radius 2 is 0.532 bits per heavy atom. The monoisotopic (exact) mass is 1090 g/mol. The highest BCUT2D eigenvalue weighted by molar-refractivity contribution is 6.94. The van der Waals surface area contributed by atoms with Gasteiger partial charge in [0.05, 0.1) is 0 Å². The maximum atomic E-state index is 6.88. The maximum absolute atomic E-state index is 6.88. The van der Waals surface area contributed by atoms with E-state index in [1.807, 2.05) is 6.07 Å². The summed E-state index contributed by atoms with van der Waals surface area (Å²) in [5.74, 6) is 0. The Labute approximate surface area is 394 Å². The Morgan fingerprint density at radius 3 is 0.774 bits per heavy atom. The zero-order valence-corrected chi connectivity index (χ0v) is 57.4. The normalized spacial score (nSPS) is 15.5. The Morgan fingerprint density at radius 1 is 0.306 bits per heavy atom. The van der Waals surface area contributed by atoms with Gasteiger partial charge in [-0.2, -0.15) is 0 Å². The van der Waals surface area contributed by atoms with Crippen LogP contribution in [0.2, 0.25) is 183 Å². The van der Waals surface area contributed by atoms with Crippen LogP contribution in [-0.2, 0) is 49.4 Å². The van der Waals surface area contributed by atoms with E-state index in [-0.39, 0.29) is 0 Å². The van der Waals surface area contributed by atoms with Crippen LogP contribution >= 0.6 is 0 Å². The molecule has 12 nitrogen and oxygen atoms in total. The van der Waals surface area contributed by atoms with Gasteiger partial charge in [-0.15, -0.1) is 0 Å². The average Bonchev–Trinajstić information content (AvgIpc) is 2.86. The van der Waals surface area contributed by atoms with E-state index in [0.717, 1.165) is 12.5 Å². The van der Waals surface area contributed by atoms with Crippen LogP contribution in [0.1, 0.15) is 12.0 Å². The lowest BCUT2D eigenvalue weighted by atomic mass is 10.2. The standard InChI is InChI=1S/C37H92O12Si13/c1-50(2,3)38-52(6,7)40-54(10,11)42-56(14,15)44-58(18,19)46-60(22,23)48-62(26,27)49-61(24,25)47-59(20,21)45-57(16,17)43-55(12,13)41-53(8,9)39-51(4,5)36-32-31-35-37-33-29-28-30-34-37/h28-31,33-35H,32,36H2,1-27H3. The van der Waals surface area contributed by atoms with E-state index in [0.29, 0.717) is 0 Å². The lowest BCUT2D eigenvalue weighted by Gasteiger charge is -2.45. The summed E-state index contributed by atoms with van der Waals surface area (Å²) in [6.45, 7) is 57.1. The van der Waals surface area contributed by atoms with Gasteiger partial charge in [0.1, 0.15) is 0 Å². The summed E-state index contributed by atoms with van der Waals surface area (Å²) in [5, 5.41) is 0. The fourth-order valence-electron chi connectivity index (χ4n) is 8.82. The molecule has 0 atom stereocenters. The molecule has 1 aromatic carbocycles. The van der Waals surface area contributed by atoms with Crippen molar-refractivity contribution in [2.45, 2.75) is 189 Å². The molecule has 0 amide bonds. The maximum Gasteiger partial charge on any atom is 0.314 e. The van der Waals surface area contributed by atoms with Crippen molar-refractivity contribution < 1.29 is 49.4 Å². The minimum Gasteiger partial charge on any atom is -0.437 e. The molecule has 1 aromatic rings. The van der Waals surface area contributed by atoms with Gasteiger partial charge in [0.2, 0.25) is 0 Å². The number of allylic oxidation sites excluding steroid dienone is 1. The van der Waals surface area contributed by atoms with Gasteiger partial charge in [-0.25, -0.2) is 0 Å². The van der Waals surface area contributed by atoms with Crippen molar-refractivity contribution in [1.29, 1.82) is 0 Å². The van der Waals surface area contributed by atoms with Crippen molar-refractivity contribution in [3.63, 3.8) is 0 Å². The van der Waals surface area contributed by atoms with Crippen LogP contribution in [-0.4, -0.2) is 111 Å². The molecule has 0 aliphatic heterocycles. The van der Waals surface area contributed by atoms with Crippen LogP contribution in [0.15, 0.2) is 36.4 Å². The fraction of sp³-hybridized carbons (Fsp3) is 0.784. The van der Waals surface area contributed by atoms with Gasteiger partial charge >= 0.3 is 94.2 Å². The predicted octanol–water partition coefficient (Wildman–Crippen LogP) is 13.0. The van der Waals surface area contributed by atoms with E-state index < -0.39 is 111 Å². The molecule has 0 unspecified atom stereocenters. The van der Waals surface area contributed by atoms with E-state index in [4.69, 9.17) is 49.4 Å². The van der Waals surface area contributed by atoms with Gasteiger partial charge in [0, 0.05) is 0 Å². The lowest BCUT2D eigenvalue weighted by Crippen LogP contribution is -2.62. The minimum absolute atomic E-state index is 0.975. The molecule has 0 bridgehead atoms. The largest absolute Gasteiger partial charge is 0.437 e. The van der Waals surface area contributed by atoms with Gasteiger partial charge < -0.3 is 49.4 Å². The Kier molecular flexibility index (Phi) is 21.7. The zero-order valence-electron chi connectivity index (χ0n) is 44.4. The second kappa shape index (κ2) is 21.9. The van der Waals surface area contributed by atoms with E-state index in [1.165, 1.54) is 5.56 Å². The van der Waals surface area contributed by atoms with E-state index in [1.54, 1.807) is 0 Å². The summed E-state index contributed by atoms with van der Waals surface area (Å²) in [5.41, 5.74) is 1.22. The summed E-state index contributed by atoms with van der Waals surface area (Å²) in [7, 11) is -33.0. The van der Waals surface area contributed by atoms with Crippen molar-refractivity contribution in [2.24, 2.45) is 0 Å². The van der Waals surface area contributed by atoms with Crippen LogP contribution in [0.25, 0.3) is 6.08 Å². The Bertz CT molecular complexity index is 1580. The van der Waals surface area contributed by atoms with Crippen molar-refractivity contribution in [1.82, 2.24) is 0 Å². The number of rotatable bonds is 28. The van der Waals surface area contributed by atoms with Crippen LogP contribution in [0.3, 0.4) is 0 Å². The van der Waals surface area contributed by atoms with Crippen molar-refractivity contribution in [2.75, 3.05) is 0 Å². The molecule has 25 heteroatoms. The fourth-order valence-corrected chi connectivity index (χ4v) is 74.6. The van der Waals surface area contributed by atoms with Crippen molar-refractivity contribution in [3.05, 3.63) is 42.0 Å². The first kappa shape index (κ1) is 61.3. The first-order valence-corrected chi connectivity index (χ1v) is 59.7. The molecular formula is C37H92O12Si13. The molecule has 0 saturated carbocycles. The van der Waals surface area contributed by atoms with Gasteiger partial charge in [-0.1, -0.05) is 42.5 Å². The highest BCUT2D eigenvalue weighted by Gasteiger charge is 2.52. The van der Waals surface area contributed by atoms with Crippen LogP contribution < -0.4 is 0 Å². The molecule has 0 aliphatic rings. The zero-order chi connectivity index (χ0) is 48.9. The van der Waals surface area contributed by atoms with Crippen LogP contribution in [0.4, 0.5) is 0 Å². The molecule has 0 aromatic heterocycles. The van der Waals surface area contributed by atoms with Crippen molar-refractivity contribution in [3.8, 4) is 0 Å². The Balaban J connectivity index is 2.89. The minimum atomic E-state index is -2.76. The van der Waals surface area contributed by atoms with Gasteiger partial charge in [0.15, 0.2) is 16.6 Å². The van der Waals surface area contributed by atoms with Crippen LogP contribution in [0, 0.1) is 0 Å². The highest BCUT2D eigenvalue weighted by Crippen LogP contribution is 2.32. The number of benzene rings is 1. The molecule has 0 saturated heterocycles. The first-order chi connectivity index (χ1) is 27.1. The summed E-state index contributed by atoms with van der Waals surface area (Å²) >= 11 is 0. The molecule has 0 spiro atoms. The smallest absolute Gasteiger partial charge is 0.314 e. The summed E-state index contributed by atoms with van der Waals surface area (Å²) in [4.78, 5) is 0. The number of hydrogen-bond acceptors (Lipinski definition) is 12. The van der Waals surface area contributed by atoms with Gasteiger partial charge in [-0.3, -0.25) is 0 Å². The van der Waals surface area contributed by atoms with E-state index >= 15 is 0 Å². The summed E-state index contributed by atoms with van der Waals surface area (Å²) in [6, 6.07) is 11.4. The topological polar surface area (TPSA) is 111 Å². The lowest BCUT2D eigenvalue weighted by molar-refractivity contribution is 0.252. The highest BCUT2D eigenvalue weighted by atomic mass is 28.5. The van der Waals surface area contributed by atoms with E-state index in [2.05, 4.69) is 213 Å². The molecule has 0 heterocycles. The van der Waals surface area contributed by atoms with Gasteiger partial charge in [0.25, 0.3) is 0 Å². The molecule has 62 heavy (non-hydrogen) atoms. The third kappa shape index (κ3) is 28.0. The Hall–Kier alpha value is 1.30. The third-order valence-corrected chi connectivity index (χ3v) is 57.4. The molecule has 0 fully saturated rings. The average molecular weight is 1090 g/mol. The second-order valence-corrected chi connectivity index (χ2v) is 71.7. The first-order valence-electron chi connectivity index (χ1n) is 22.2. The second-order valence-electron chi connectivity index (χ2n) is 22.8. The SMILES string of the molecule is C[Si](C)(C)O[Si](C)(C)O[Si](C)(C)O[Si](C)(C)O[Si](C)(C)O[Si](C)(C)O[Si](C)(C)O[Si](C)(C)O[Si](C)(C)O[Si](C)(C)O[Si](C)(C)O[Si](C)(C)O[Si](C)(C)CCC=Cc1ccccc1. The summed E-state index contributed by atoms with van der Waals surface area (Å²) in [6.07, 6.45) is 5.41. The van der Waals surface area contributed by atoms with Gasteiger partial charge in [-0.05, 0) is 195 Å². The molecular weight excluding hydrogens is 1000 g/mol. The molecule has 1 rings (SSSR count). The molecule has 0 N–H and O–H groups in total.